The number of nitro groups is 1. The van der Waals surface area contributed by atoms with Crippen molar-refractivity contribution in [2.75, 3.05) is 26.2 Å². The van der Waals surface area contributed by atoms with Crippen LogP contribution in [0.3, 0.4) is 0 Å². The Morgan fingerprint density at radius 2 is 1.80 bits per heavy atom. The minimum Gasteiger partial charge on any atom is -0.502 e. The van der Waals surface area contributed by atoms with E-state index < -0.39 is 16.4 Å². The molecule has 25 heavy (non-hydrogen) atoms. The van der Waals surface area contributed by atoms with E-state index in [4.69, 9.17) is 0 Å². The summed E-state index contributed by atoms with van der Waals surface area (Å²) >= 11 is 0. The summed E-state index contributed by atoms with van der Waals surface area (Å²) in [5.41, 5.74) is -0.241. The quantitative estimate of drug-likeness (QED) is 0.663. The Kier molecular flexibility index (Phi) is 4.87. The van der Waals surface area contributed by atoms with Crippen molar-refractivity contribution in [2.24, 2.45) is 5.92 Å². The van der Waals surface area contributed by atoms with Gasteiger partial charge in [-0.05, 0) is 37.8 Å². The van der Waals surface area contributed by atoms with E-state index in [0.717, 1.165) is 50.9 Å². The van der Waals surface area contributed by atoms with Crippen molar-refractivity contribution in [3.8, 4) is 5.75 Å². The molecule has 0 bridgehead atoms. The molecule has 8 nitrogen and oxygen atoms in total. The zero-order valence-electron chi connectivity index (χ0n) is 13.9. The molecule has 2 aliphatic heterocycles. The molecule has 2 saturated heterocycles. The number of aromatic hydroxyl groups is 1. The number of amides is 2. The van der Waals surface area contributed by atoms with Crippen LogP contribution in [0.4, 0.5) is 5.69 Å². The van der Waals surface area contributed by atoms with E-state index in [9.17, 15) is 24.8 Å². The fourth-order valence-corrected chi connectivity index (χ4v) is 3.55. The van der Waals surface area contributed by atoms with Gasteiger partial charge in [0.25, 0.3) is 5.91 Å². The van der Waals surface area contributed by atoms with E-state index >= 15 is 0 Å². The number of phenols is 1. The topological polar surface area (TPSA) is 104 Å². The predicted molar refractivity (Wildman–Crippen MR) is 89.2 cm³/mol. The zero-order chi connectivity index (χ0) is 18.0. The summed E-state index contributed by atoms with van der Waals surface area (Å²) in [5, 5.41) is 20.5. The van der Waals surface area contributed by atoms with E-state index in [1.807, 2.05) is 4.90 Å². The third-order valence-corrected chi connectivity index (χ3v) is 4.89. The third-order valence-electron chi connectivity index (χ3n) is 4.89. The molecule has 2 amide bonds. The first-order chi connectivity index (χ1) is 12.0. The second kappa shape index (κ2) is 7.08. The number of nitrogens with zero attached hydrogens (tertiary/aromatic N) is 3. The number of phenolic OH excluding ortho intramolecular Hbond substituents is 1. The number of piperidine rings is 1. The maximum atomic E-state index is 12.6. The molecule has 134 valence electrons. The van der Waals surface area contributed by atoms with Gasteiger partial charge < -0.3 is 14.9 Å². The lowest BCUT2D eigenvalue weighted by Crippen LogP contribution is -2.46. The lowest BCUT2D eigenvalue weighted by atomic mass is 9.96. The van der Waals surface area contributed by atoms with Crippen LogP contribution in [-0.4, -0.2) is 57.8 Å². The van der Waals surface area contributed by atoms with Gasteiger partial charge in [0.15, 0.2) is 5.75 Å². The molecule has 0 aliphatic carbocycles. The summed E-state index contributed by atoms with van der Waals surface area (Å²) in [6.07, 6.45) is 3.58. The molecular weight excluding hydrogens is 326 g/mol. The average molecular weight is 347 g/mol. The lowest BCUT2D eigenvalue weighted by Gasteiger charge is -2.34. The Morgan fingerprint density at radius 3 is 2.44 bits per heavy atom. The summed E-state index contributed by atoms with van der Waals surface area (Å²) in [4.78, 5) is 38.7. The Morgan fingerprint density at radius 1 is 1.12 bits per heavy atom. The van der Waals surface area contributed by atoms with Crippen LogP contribution in [0.25, 0.3) is 0 Å². The van der Waals surface area contributed by atoms with Gasteiger partial charge in [0.2, 0.25) is 5.91 Å². The highest BCUT2D eigenvalue weighted by Crippen LogP contribution is 2.28. The number of benzene rings is 1. The molecule has 0 aromatic heterocycles. The van der Waals surface area contributed by atoms with Crippen molar-refractivity contribution in [2.45, 2.75) is 25.7 Å². The van der Waals surface area contributed by atoms with Crippen LogP contribution in [0.2, 0.25) is 0 Å². The van der Waals surface area contributed by atoms with E-state index in [1.54, 1.807) is 4.90 Å². The summed E-state index contributed by atoms with van der Waals surface area (Å²) in [5.74, 6) is -0.925. The van der Waals surface area contributed by atoms with Crippen LogP contribution in [0.1, 0.15) is 36.0 Å². The minimum absolute atomic E-state index is 0.113. The number of likely N-dealkylation sites (tertiary alicyclic amines) is 2. The summed E-state index contributed by atoms with van der Waals surface area (Å²) in [7, 11) is 0. The van der Waals surface area contributed by atoms with Gasteiger partial charge >= 0.3 is 5.69 Å². The van der Waals surface area contributed by atoms with E-state index in [1.165, 1.54) is 6.07 Å². The van der Waals surface area contributed by atoms with Crippen molar-refractivity contribution < 1.29 is 19.6 Å². The number of carbonyl (C=O) groups excluding carboxylic acids is 2. The first-order valence-corrected chi connectivity index (χ1v) is 8.53. The van der Waals surface area contributed by atoms with Gasteiger partial charge in [0.05, 0.1) is 10.8 Å². The Bertz CT molecular complexity index is 700. The van der Waals surface area contributed by atoms with Gasteiger partial charge in [-0.15, -0.1) is 0 Å². The Balaban J connectivity index is 1.70. The van der Waals surface area contributed by atoms with Gasteiger partial charge in [-0.25, -0.2) is 0 Å². The first kappa shape index (κ1) is 17.2. The number of rotatable bonds is 3. The van der Waals surface area contributed by atoms with Crippen molar-refractivity contribution in [1.29, 1.82) is 0 Å². The van der Waals surface area contributed by atoms with Gasteiger partial charge in [-0.1, -0.05) is 0 Å². The van der Waals surface area contributed by atoms with Crippen LogP contribution in [0.15, 0.2) is 18.2 Å². The summed E-state index contributed by atoms with van der Waals surface area (Å²) < 4.78 is 0. The SMILES string of the molecule is O=C(c1ccc([N+](=O)[O-])c(O)c1)N1CCC[C@@H](C(=O)N2CCCC2)C1. The molecule has 2 fully saturated rings. The molecule has 1 N–H and O–H groups in total. The molecule has 0 unspecified atom stereocenters. The van der Waals surface area contributed by atoms with Crippen LogP contribution in [0, 0.1) is 16.0 Å². The lowest BCUT2D eigenvalue weighted by molar-refractivity contribution is -0.385. The molecular formula is C17H21N3O5. The molecule has 2 heterocycles. The number of hydrogen-bond acceptors (Lipinski definition) is 5. The molecule has 0 spiro atoms. The standard InChI is InChI=1S/C17H21N3O5/c21-15-10-12(5-6-14(15)20(24)25)16(22)19-9-3-4-13(11-19)17(23)18-7-1-2-8-18/h5-6,10,13,21H,1-4,7-9,11H2/t13-/m1/s1. The van der Waals surface area contributed by atoms with Crippen LogP contribution in [-0.2, 0) is 4.79 Å². The summed E-state index contributed by atoms with van der Waals surface area (Å²) in [6.45, 7) is 2.48. The molecule has 1 atom stereocenters. The van der Waals surface area contributed by atoms with E-state index in [2.05, 4.69) is 0 Å². The van der Waals surface area contributed by atoms with Crippen LogP contribution < -0.4 is 0 Å². The maximum Gasteiger partial charge on any atom is 0.310 e. The second-order valence-corrected chi connectivity index (χ2v) is 6.58. The fraction of sp³-hybridized carbons (Fsp3) is 0.529. The smallest absolute Gasteiger partial charge is 0.310 e. The maximum absolute atomic E-state index is 12.6. The predicted octanol–water partition coefficient (Wildman–Crippen LogP) is 1.77. The molecule has 3 rings (SSSR count). The molecule has 2 aliphatic rings. The molecule has 0 radical (unpaired) electrons. The molecule has 1 aromatic carbocycles. The van der Waals surface area contributed by atoms with Crippen molar-refractivity contribution in [1.82, 2.24) is 9.80 Å². The number of nitro benzene ring substituents is 1. The third kappa shape index (κ3) is 3.57. The molecule has 0 saturated carbocycles. The highest BCUT2D eigenvalue weighted by molar-refractivity contribution is 5.95. The minimum atomic E-state index is -0.699. The van der Waals surface area contributed by atoms with E-state index in [-0.39, 0.29) is 23.3 Å². The van der Waals surface area contributed by atoms with E-state index in [0.29, 0.717) is 13.1 Å². The van der Waals surface area contributed by atoms with Crippen LogP contribution >= 0.6 is 0 Å². The Hall–Kier alpha value is -2.64. The van der Waals surface area contributed by atoms with Crippen molar-refractivity contribution in [3.05, 3.63) is 33.9 Å². The zero-order valence-corrected chi connectivity index (χ0v) is 13.9. The number of carbonyl (C=O) groups is 2. The normalized spacial score (nSPS) is 20.6. The largest absolute Gasteiger partial charge is 0.502 e. The van der Waals surface area contributed by atoms with Crippen molar-refractivity contribution >= 4 is 17.5 Å². The summed E-state index contributed by atoms with van der Waals surface area (Å²) in [6, 6.07) is 3.58. The highest BCUT2D eigenvalue weighted by atomic mass is 16.6. The number of hydrogen-bond donors (Lipinski definition) is 1. The second-order valence-electron chi connectivity index (χ2n) is 6.58. The first-order valence-electron chi connectivity index (χ1n) is 8.53. The van der Waals surface area contributed by atoms with Gasteiger partial charge in [-0.3, -0.25) is 19.7 Å². The molecule has 1 aromatic rings. The molecule has 8 heteroatoms. The van der Waals surface area contributed by atoms with Gasteiger partial charge in [0.1, 0.15) is 0 Å². The van der Waals surface area contributed by atoms with Crippen molar-refractivity contribution in [3.63, 3.8) is 0 Å². The average Bonchev–Trinajstić information content (AvgIpc) is 3.14. The van der Waals surface area contributed by atoms with Gasteiger partial charge in [0, 0.05) is 37.8 Å². The highest BCUT2D eigenvalue weighted by Gasteiger charge is 2.32. The van der Waals surface area contributed by atoms with Crippen LogP contribution in [0.5, 0.6) is 5.75 Å². The van der Waals surface area contributed by atoms with Gasteiger partial charge in [-0.2, -0.15) is 0 Å². The fourth-order valence-electron chi connectivity index (χ4n) is 3.55. The Labute approximate surface area is 145 Å². The monoisotopic (exact) mass is 347 g/mol.